The van der Waals surface area contributed by atoms with Crippen LogP contribution in [0.4, 0.5) is 0 Å². The summed E-state index contributed by atoms with van der Waals surface area (Å²) in [6, 6.07) is 8.61. The second-order valence-corrected chi connectivity index (χ2v) is 7.99. The molecule has 2 fully saturated rings. The zero-order valence-electron chi connectivity index (χ0n) is 14.2. The molecule has 0 bridgehead atoms. The van der Waals surface area contributed by atoms with Crippen molar-refractivity contribution in [1.82, 2.24) is 0 Å². The monoisotopic (exact) mass is 296 g/mol. The largest absolute Gasteiger partial charge is 0.294 e. The molecule has 2 heteroatoms. The van der Waals surface area contributed by atoms with Crippen LogP contribution >= 0.6 is 0 Å². The molecule has 22 heavy (non-hydrogen) atoms. The molecule has 0 aromatic heterocycles. The molecule has 0 radical (unpaired) electrons. The topological polar surface area (TPSA) is 17.1 Å². The van der Waals surface area contributed by atoms with Crippen LogP contribution in [0.2, 0.25) is 18.0 Å². The lowest BCUT2D eigenvalue weighted by atomic mass is 9.32. The highest BCUT2D eigenvalue weighted by atomic mass is 16.1. The molecule has 1 aromatic rings. The molecular weight excluding hydrogens is 267 g/mol. The minimum absolute atomic E-state index is 0.206. The van der Waals surface area contributed by atoms with Gasteiger partial charge in [0.05, 0.1) is 0 Å². The third-order valence-corrected chi connectivity index (χ3v) is 6.21. The first-order valence-electron chi connectivity index (χ1n) is 9.24. The van der Waals surface area contributed by atoms with Gasteiger partial charge in [-0.3, -0.25) is 4.79 Å². The summed E-state index contributed by atoms with van der Waals surface area (Å²) < 4.78 is 0. The normalized spacial score (nSPS) is 20.4. The van der Waals surface area contributed by atoms with Crippen LogP contribution in [0.5, 0.6) is 0 Å². The molecule has 0 amide bonds. The first kappa shape index (κ1) is 15.8. The van der Waals surface area contributed by atoms with Gasteiger partial charge in [-0.2, -0.15) is 0 Å². The molecule has 1 saturated heterocycles. The van der Waals surface area contributed by atoms with Crippen molar-refractivity contribution in [3.8, 4) is 0 Å². The zero-order valence-corrected chi connectivity index (χ0v) is 14.2. The Morgan fingerprint density at radius 1 is 0.955 bits per heavy atom. The third kappa shape index (κ3) is 3.16. The predicted octanol–water partition coefficient (Wildman–Crippen LogP) is 5.99. The maximum atomic E-state index is 12.9. The number of Topliss-reactive ketones (excluding diaryl/α,β-unsaturated/α-hetero) is 1. The molecule has 0 unspecified atom stereocenters. The van der Waals surface area contributed by atoms with E-state index in [-0.39, 0.29) is 5.31 Å². The Morgan fingerprint density at radius 2 is 1.55 bits per heavy atom. The van der Waals surface area contributed by atoms with E-state index in [2.05, 4.69) is 38.1 Å². The van der Waals surface area contributed by atoms with Gasteiger partial charge in [-0.05, 0) is 24.3 Å². The van der Waals surface area contributed by atoms with Crippen molar-refractivity contribution in [2.45, 2.75) is 82.7 Å². The number of benzene rings is 1. The van der Waals surface area contributed by atoms with Gasteiger partial charge in [-0.15, -0.1) is 0 Å². The summed E-state index contributed by atoms with van der Waals surface area (Å²) in [5, 5.41) is -0.206. The van der Waals surface area contributed by atoms with Gasteiger partial charge in [0.15, 0.2) is 12.5 Å². The molecule has 1 aliphatic heterocycles. The Hall–Kier alpha value is -1.05. The highest BCUT2D eigenvalue weighted by Crippen LogP contribution is 2.41. The summed E-state index contributed by atoms with van der Waals surface area (Å²) >= 11 is 0. The Morgan fingerprint density at radius 3 is 2.14 bits per heavy atom. The van der Waals surface area contributed by atoms with Crippen LogP contribution in [0.25, 0.3) is 0 Å². The van der Waals surface area contributed by atoms with E-state index >= 15 is 0 Å². The van der Waals surface area contributed by atoms with Crippen molar-refractivity contribution in [1.29, 1.82) is 0 Å². The SMILES string of the molecule is CC(C)(B1CCCC1)C(=O)c1ccc(C2CCCCC2)cc1. The van der Waals surface area contributed by atoms with Gasteiger partial charge >= 0.3 is 0 Å². The first-order valence-corrected chi connectivity index (χ1v) is 9.24. The molecule has 1 saturated carbocycles. The van der Waals surface area contributed by atoms with Gasteiger partial charge in [-0.1, -0.05) is 82.9 Å². The van der Waals surface area contributed by atoms with E-state index in [9.17, 15) is 4.79 Å². The Balaban J connectivity index is 1.72. The maximum absolute atomic E-state index is 12.9. The van der Waals surface area contributed by atoms with Gasteiger partial charge in [0.1, 0.15) is 0 Å². The van der Waals surface area contributed by atoms with Crippen LogP contribution in [0.1, 0.15) is 80.6 Å². The summed E-state index contributed by atoms with van der Waals surface area (Å²) in [6.45, 7) is 4.87. The third-order valence-electron chi connectivity index (χ3n) is 6.21. The van der Waals surface area contributed by atoms with Crippen molar-refractivity contribution in [2.24, 2.45) is 0 Å². The first-order chi connectivity index (χ1) is 10.6. The summed E-state index contributed by atoms with van der Waals surface area (Å²) in [5.74, 6) is 1.07. The van der Waals surface area contributed by atoms with E-state index in [0.717, 1.165) is 11.5 Å². The number of hydrogen-bond acceptors (Lipinski definition) is 1. The fourth-order valence-electron chi connectivity index (χ4n) is 4.55. The molecular formula is C20H29BO. The van der Waals surface area contributed by atoms with Crippen LogP contribution in [-0.4, -0.2) is 12.5 Å². The zero-order chi connectivity index (χ0) is 15.6. The fourth-order valence-corrected chi connectivity index (χ4v) is 4.55. The van der Waals surface area contributed by atoms with E-state index in [1.807, 2.05) is 0 Å². The van der Waals surface area contributed by atoms with E-state index in [1.165, 1.54) is 63.1 Å². The number of carbonyl (C=O) groups is 1. The van der Waals surface area contributed by atoms with Crippen molar-refractivity contribution >= 4 is 12.5 Å². The molecule has 1 heterocycles. The number of rotatable bonds is 4. The maximum Gasteiger partial charge on any atom is 0.161 e. The van der Waals surface area contributed by atoms with Gasteiger partial charge in [0.2, 0.25) is 0 Å². The Labute approximate surface area is 136 Å². The van der Waals surface area contributed by atoms with Gasteiger partial charge in [0.25, 0.3) is 0 Å². The molecule has 1 aliphatic carbocycles. The lowest BCUT2D eigenvalue weighted by Crippen LogP contribution is -2.32. The summed E-state index contributed by atoms with van der Waals surface area (Å²) in [7, 11) is 0. The van der Waals surface area contributed by atoms with E-state index in [0.29, 0.717) is 12.5 Å². The van der Waals surface area contributed by atoms with Crippen molar-refractivity contribution in [2.75, 3.05) is 0 Å². The molecule has 2 aliphatic rings. The molecule has 118 valence electrons. The minimum Gasteiger partial charge on any atom is -0.294 e. The number of hydrogen-bond donors (Lipinski definition) is 0. The van der Waals surface area contributed by atoms with Crippen molar-refractivity contribution < 1.29 is 4.79 Å². The van der Waals surface area contributed by atoms with Crippen LogP contribution in [-0.2, 0) is 0 Å². The Bertz CT molecular complexity index is 505. The molecule has 0 spiro atoms. The van der Waals surface area contributed by atoms with E-state index in [1.54, 1.807) is 0 Å². The van der Waals surface area contributed by atoms with E-state index < -0.39 is 0 Å². The highest BCUT2D eigenvalue weighted by molar-refractivity contribution is 6.68. The van der Waals surface area contributed by atoms with Crippen LogP contribution in [0.3, 0.4) is 0 Å². The molecule has 0 N–H and O–H groups in total. The average Bonchev–Trinajstić information content (AvgIpc) is 3.10. The van der Waals surface area contributed by atoms with Crippen LogP contribution < -0.4 is 0 Å². The molecule has 1 aromatic carbocycles. The quantitative estimate of drug-likeness (QED) is 0.493. The average molecular weight is 296 g/mol. The molecule has 1 nitrogen and oxygen atoms in total. The number of carbonyl (C=O) groups excluding carboxylic acids is 1. The minimum atomic E-state index is -0.206. The highest BCUT2D eigenvalue weighted by Gasteiger charge is 2.40. The second-order valence-electron chi connectivity index (χ2n) is 7.99. The van der Waals surface area contributed by atoms with Crippen molar-refractivity contribution in [3.05, 3.63) is 35.4 Å². The predicted molar refractivity (Wildman–Crippen MR) is 95.2 cm³/mol. The van der Waals surface area contributed by atoms with Gasteiger partial charge in [-0.25, -0.2) is 0 Å². The lowest BCUT2D eigenvalue weighted by molar-refractivity contribution is 0.0946. The molecule has 3 rings (SSSR count). The fraction of sp³-hybridized carbons (Fsp3) is 0.650. The second kappa shape index (κ2) is 6.60. The lowest BCUT2D eigenvalue weighted by Gasteiger charge is -2.28. The van der Waals surface area contributed by atoms with E-state index in [4.69, 9.17) is 0 Å². The van der Waals surface area contributed by atoms with Gasteiger partial charge < -0.3 is 0 Å². The van der Waals surface area contributed by atoms with Crippen LogP contribution in [0.15, 0.2) is 24.3 Å². The van der Waals surface area contributed by atoms with Crippen molar-refractivity contribution in [3.63, 3.8) is 0 Å². The summed E-state index contributed by atoms with van der Waals surface area (Å²) in [4.78, 5) is 12.9. The van der Waals surface area contributed by atoms with Crippen LogP contribution in [0, 0.1) is 0 Å². The Kier molecular flexibility index (Phi) is 4.75. The summed E-state index contributed by atoms with van der Waals surface area (Å²) in [6.07, 6.45) is 11.8. The summed E-state index contributed by atoms with van der Waals surface area (Å²) in [5.41, 5.74) is 2.35. The number of ketones is 1. The smallest absolute Gasteiger partial charge is 0.161 e. The molecule has 0 atom stereocenters. The standard InChI is InChI=1S/C20H29BO/c1-20(2,21-14-6-7-15-21)19(22)18-12-10-17(11-13-18)16-8-4-3-5-9-16/h10-13,16H,3-9,14-15H2,1-2H3. The van der Waals surface area contributed by atoms with Gasteiger partial charge in [0, 0.05) is 10.9 Å².